The van der Waals surface area contributed by atoms with E-state index in [9.17, 15) is 0 Å². The monoisotopic (exact) mass is 229 g/mol. The molecule has 3 N–H and O–H groups in total. The zero-order chi connectivity index (χ0) is 12.7. The topological polar surface area (TPSA) is 46.2 Å². The molecular weight excluding hydrogens is 198 g/mol. The van der Waals surface area contributed by atoms with E-state index in [4.69, 9.17) is 10.8 Å². The van der Waals surface area contributed by atoms with Crippen molar-refractivity contribution in [3.63, 3.8) is 0 Å². The standard InChI is InChI=1S/C14H31NO/c1-5-6-7-8-9-10-14(4,11-12-16)13(2,3)15/h16H,5-12,15H2,1-4H3. The summed E-state index contributed by atoms with van der Waals surface area (Å²) < 4.78 is 0. The Labute approximate surface area is 102 Å². The highest BCUT2D eigenvalue weighted by molar-refractivity contribution is 4.93. The lowest BCUT2D eigenvalue weighted by Gasteiger charge is -2.42. The number of hydrogen-bond donors (Lipinski definition) is 2. The summed E-state index contributed by atoms with van der Waals surface area (Å²) in [6.07, 6.45) is 8.42. The van der Waals surface area contributed by atoms with E-state index in [2.05, 4.69) is 27.7 Å². The van der Waals surface area contributed by atoms with E-state index in [0.29, 0.717) is 0 Å². The molecule has 0 amide bonds. The Kier molecular flexibility index (Phi) is 7.25. The highest BCUT2D eigenvalue weighted by Crippen LogP contribution is 2.37. The Morgan fingerprint density at radius 1 is 0.938 bits per heavy atom. The lowest BCUT2D eigenvalue weighted by molar-refractivity contribution is 0.105. The lowest BCUT2D eigenvalue weighted by atomic mass is 9.68. The van der Waals surface area contributed by atoms with Crippen LogP contribution in [0.2, 0.25) is 0 Å². The van der Waals surface area contributed by atoms with Gasteiger partial charge in [0.25, 0.3) is 0 Å². The van der Waals surface area contributed by atoms with E-state index in [1.54, 1.807) is 0 Å². The maximum absolute atomic E-state index is 9.15. The van der Waals surface area contributed by atoms with Crippen molar-refractivity contribution in [3.8, 4) is 0 Å². The van der Waals surface area contributed by atoms with Crippen LogP contribution < -0.4 is 5.73 Å². The first-order chi connectivity index (χ1) is 7.37. The predicted molar refractivity (Wildman–Crippen MR) is 71.5 cm³/mol. The van der Waals surface area contributed by atoms with Crippen LogP contribution in [0.1, 0.15) is 72.6 Å². The minimum absolute atomic E-state index is 0.0635. The van der Waals surface area contributed by atoms with E-state index in [1.165, 1.54) is 32.1 Å². The second kappa shape index (κ2) is 7.29. The molecule has 98 valence electrons. The van der Waals surface area contributed by atoms with Crippen LogP contribution in [0.25, 0.3) is 0 Å². The molecular formula is C14H31NO. The Morgan fingerprint density at radius 2 is 1.50 bits per heavy atom. The van der Waals surface area contributed by atoms with Crippen LogP contribution in [0.4, 0.5) is 0 Å². The average Bonchev–Trinajstić information content (AvgIpc) is 2.16. The van der Waals surface area contributed by atoms with E-state index < -0.39 is 0 Å². The van der Waals surface area contributed by atoms with Crippen molar-refractivity contribution < 1.29 is 5.11 Å². The number of nitrogens with two attached hydrogens (primary N) is 1. The number of aliphatic hydroxyl groups is 1. The molecule has 0 aliphatic rings. The molecule has 0 aromatic heterocycles. The molecule has 0 heterocycles. The molecule has 0 saturated heterocycles. The summed E-state index contributed by atoms with van der Waals surface area (Å²) in [7, 11) is 0. The number of rotatable bonds is 9. The Balaban J connectivity index is 4.04. The van der Waals surface area contributed by atoms with Gasteiger partial charge in [0, 0.05) is 12.1 Å². The number of aliphatic hydroxyl groups excluding tert-OH is 1. The number of unbranched alkanes of at least 4 members (excludes halogenated alkanes) is 4. The zero-order valence-corrected chi connectivity index (χ0v) is 11.7. The normalized spacial score (nSPS) is 16.1. The van der Waals surface area contributed by atoms with Gasteiger partial charge in [0.1, 0.15) is 0 Å². The fourth-order valence-electron chi connectivity index (χ4n) is 2.13. The van der Waals surface area contributed by atoms with Crippen molar-refractivity contribution in [2.45, 2.75) is 78.2 Å². The van der Waals surface area contributed by atoms with Crippen molar-refractivity contribution in [2.75, 3.05) is 6.61 Å². The van der Waals surface area contributed by atoms with Crippen LogP contribution in [0.3, 0.4) is 0 Å². The number of hydrogen-bond acceptors (Lipinski definition) is 2. The van der Waals surface area contributed by atoms with Gasteiger partial charge < -0.3 is 10.8 Å². The Hall–Kier alpha value is -0.0800. The van der Waals surface area contributed by atoms with Crippen molar-refractivity contribution in [2.24, 2.45) is 11.1 Å². The molecule has 0 radical (unpaired) electrons. The summed E-state index contributed by atoms with van der Waals surface area (Å²) in [4.78, 5) is 0. The van der Waals surface area contributed by atoms with E-state index in [-0.39, 0.29) is 17.6 Å². The highest BCUT2D eigenvalue weighted by Gasteiger charge is 2.36. The molecule has 0 aromatic rings. The lowest BCUT2D eigenvalue weighted by Crippen LogP contribution is -2.49. The fraction of sp³-hybridized carbons (Fsp3) is 1.00. The molecule has 0 saturated carbocycles. The van der Waals surface area contributed by atoms with Gasteiger partial charge in [-0.15, -0.1) is 0 Å². The molecule has 0 aliphatic carbocycles. The van der Waals surface area contributed by atoms with Gasteiger partial charge in [-0.2, -0.15) is 0 Å². The quantitative estimate of drug-likeness (QED) is 0.595. The van der Waals surface area contributed by atoms with Crippen LogP contribution in [0, 0.1) is 5.41 Å². The van der Waals surface area contributed by atoms with Crippen molar-refractivity contribution in [3.05, 3.63) is 0 Å². The Morgan fingerprint density at radius 3 is 1.94 bits per heavy atom. The summed E-state index contributed by atoms with van der Waals surface area (Å²) >= 11 is 0. The van der Waals surface area contributed by atoms with E-state index >= 15 is 0 Å². The maximum atomic E-state index is 9.15. The second-order valence-electron chi connectivity index (χ2n) is 5.92. The van der Waals surface area contributed by atoms with Crippen LogP contribution in [-0.4, -0.2) is 17.3 Å². The first-order valence-electron chi connectivity index (χ1n) is 6.77. The largest absolute Gasteiger partial charge is 0.396 e. The van der Waals surface area contributed by atoms with Gasteiger partial charge in [0.05, 0.1) is 0 Å². The molecule has 0 spiro atoms. The van der Waals surface area contributed by atoms with Crippen molar-refractivity contribution >= 4 is 0 Å². The molecule has 0 fully saturated rings. The van der Waals surface area contributed by atoms with E-state index in [0.717, 1.165) is 12.8 Å². The summed E-state index contributed by atoms with van der Waals surface area (Å²) in [5, 5.41) is 9.15. The SMILES string of the molecule is CCCCCCCC(C)(CCO)C(C)(C)N. The smallest absolute Gasteiger partial charge is 0.0436 e. The van der Waals surface area contributed by atoms with Gasteiger partial charge >= 0.3 is 0 Å². The Bertz CT molecular complexity index is 174. The molecule has 16 heavy (non-hydrogen) atoms. The maximum Gasteiger partial charge on any atom is 0.0436 e. The first-order valence-corrected chi connectivity index (χ1v) is 6.77. The third-order valence-corrected chi connectivity index (χ3v) is 4.05. The van der Waals surface area contributed by atoms with Gasteiger partial charge in [-0.05, 0) is 32.1 Å². The summed E-state index contributed by atoms with van der Waals surface area (Å²) in [5.74, 6) is 0. The molecule has 1 atom stereocenters. The van der Waals surface area contributed by atoms with Crippen LogP contribution in [0.15, 0.2) is 0 Å². The van der Waals surface area contributed by atoms with Gasteiger partial charge in [0.15, 0.2) is 0 Å². The molecule has 1 unspecified atom stereocenters. The minimum Gasteiger partial charge on any atom is -0.396 e. The fourth-order valence-corrected chi connectivity index (χ4v) is 2.13. The molecule has 0 rings (SSSR count). The minimum atomic E-state index is -0.208. The first kappa shape index (κ1) is 15.9. The second-order valence-corrected chi connectivity index (χ2v) is 5.92. The predicted octanol–water partition coefficient (Wildman–Crippen LogP) is 3.47. The van der Waals surface area contributed by atoms with Gasteiger partial charge in [-0.3, -0.25) is 0 Å². The third-order valence-electron chi connectivity index (χ3n) is 4.05. The zero-order valence-electron chi connectivity index (χ0n) is 11.7. The molecule has 2 heteroatoms. The van der Waals surface area contributed by atoms with Gasteiger partial charge in [-0.25, -0.2) is 0 Å². The van der Waals surface area contributed by atoms with Crippen LogP contribution in [-0.2, 0) is 0 Å². The van der Waals surface area contributed by atoms with Crippen LogP contribution >= 0.6 is 0 Å². The van der Waals surface area contributed by atoms with Crippen molar-refractivity contribution in [1.29, 1.82) is 0 Å². The molecule has 2 nitrogen and oxygen atoms in total. The third kappa shape index (κ3) is 5.31. The summed E-state index contributed by atoms with van der Waals surface area (Å²) in [5.41, 5.74) is 6.09. The van der Waals surface area contributed by atoms with Crippen LogP contribution in [0.5, 0.6) is 0 Å². The molecule has 0 aromatic carbocycles. The average molecular weight is 229 g/mol. The van der Waals surface area contributed by atoms with Gasteiger partial charge in [0.2, 0.25) is 0 Å². The molecule has 0 bridgehead atoms. The summed E-state index contributed by atoms with van der Waals surface area (Å²) in [6, 6.07) is 0. The van der Waals surface area contributed by atoms with E-state index in [1.807, 2.05) is 0 Å². The summed E-state index contributed by atoms with van der Waals surface area (Å²) in [6.45, 7) is 8.84. The van der Waals surface area contributed by atoms with Crippen molar-refractivity contribution in [1.82, 2.24) is 0 Å². The van der Waals surface area contributed by atoms with Gasteiger partial charge in [-0.1, -0.05) is 46.0 Å². The molecule has 0 aliphatic heterocycles. The highest BCUT2D eigenvalue weighted by atomic mass is 16.3.